The summed E-state index contributed by atoms with van der Waals surface area (Å²) < 4.78 is 5.57. The smallest absolute Gasteiger partial charge is 0.408 e. The molecule has 6 amide bonds. The Bertz CT molecular complexity index is 1460. The maximum Gasteiger partial charge on any atom is 0.408 e. The highest BCUT2D eigenvalue weighted by Crippen LogP contribution is 2.36. The monoisotopic (exact) mass is 740 g/mol. The Hall–Kier alpha value is -4.49. The first-order chi connectivity index (χ1) is 24.9. The molecule has 14 heteroatoms. The number of benzene rings is 1. The number of likely N-dealkylation sites (N-methyl/N-ethyl adjacent to an activating group) is 1. The Morgan fingerprint density at radius 2 is 1.57 bits per heavy atom. The van der Waals surface area contributed by atoms with E-state index in [2.05, 4.69) is 21.3 Å². The number of ether oxygens (including phenoxy) is 1. The molecule has 53 heavy (non-hydrogen) atoms. The highest BCUT2D eigenvalue weighted by molar-refractivity contribution is 6.38. The number of carbonyl (C=O) groups is 7. The first-order valence-corrected chi connectivity index (χ1v) is 18.9. The van der Waals surface area contributed by atoms with Crippen molar-refractivity contribution >= 4 is 41.4 Å². The van der Waals surface area contributed by atoms with Crippen LogP contribution in [0.5, 0.6) is 0 Å². The highest BCUT2D eigenvalue weighted by Gasteiger charge is 2.47. The molecule has 4 N–H and O–H groups in total. The second-order valence-corrected chi connectivity index (χ2v) is 15.8. The van der Waals surface area contributed by atoms with Gasteiger partial charge in [-0.3, -0.25) is 28.8 Å². The van der Waals surface area contributed by atoms with Crippen molar-refractivity contribution in [1.82, 2.24) is 31.1 Å². The number of amides is 6. The van der Waals surface area contributed by atoms with Gasteiger partial charge in [0, 0.05) is 20.6 Å². The van der Waals surface area contributed by atoms with Crippen LogP contribution in [0.3, 0.4) is 0 Å². The van der Waals surface area contributed by atoms with Crippen molar-refractivity contribution in [2.75, 3.05) is 27.2 Å². The molecular formula is C39H60N6O8. The third kappa shape index (κ3) is 12.3. The summed E-state index contributed by atoms with van der Waals surface area (Å²) >= 11 is 0. The first kappa shape index (κ1) is 42.9. The van der Waals surface area contributed by atoms with Crippen LogP contribution in [-0.2, 0) is 33.5 Å². The van der Waals surface area contributed by atoms with Gasteiger partial charge in [0.05, 0.1) is 12.6 Å². The average molecular weight is 741 g/mol. The number of Topliss-reactive ketones (excluding diaryl/α,β-unsaturated/α-hetero) is 1. The molecule has 1 aliphatic carbocycles. The summed E-state index contributed by atoms with van der Waals surface area (Å²) in [5.41, 5.74) is 0.110. The standard InChI is InChI=1S/C39H60N6O8/c1-9-16-28(33(47)35(49)40-22-30(46)42-31(36(50)44(7)8)26-17-12-10-13-18-26)41-34(48)29-21-39(5,6)23-45(29)37(51)32(27-19-14-11-15-20-27)43-38(52)53-25(4)24(2)3/h10,12-13,17-18,24-25,27-29,31-32H,9,11,14-16,19-23H2,1-8H3,(H,40,49)(H,41,48)(H,42,46)(H,43,52)/t25-,28?,29+,31?,32+/m1/s1. The molecule has 1 aromatic carbocycles. The van der Waals surface area contributed by atoms with E-state index in [-0.39, 0.29) is 42.7 Å². The van der Waals surface area contributed by atoms with Crippen LogP contribution in [0.2, 0.25) is 0 Å². The second-order valence-electron chi connectivity index (χ2n) is 15.8. The van der Waals surface area contributed by atoms with E-state index in [1.54, 1.807) is 58.3 Å². The first-order valence-electron chi connectivity index (χ1n) is 18.9. The lowest BCUT2D eigenvalue weighted by molar-refractivity contribution is -0.143. The van der Waals surface area contributed by atoms with Crippen molar-refractivity contribution in [3.05, 3.63) is 35.9 Å². The molecule has 1 aliphatic heterocycles. The van der Waals surface area contributed by atoms with Gasteiger partial charge >= 0.3 is 6.09 Å². The molecule has 0 radical (unpaired) electrons. The second kappa shape index (κ2) is 19.5. The molecule has 2 fully saturated rings. The summed E-state index contributed by atoms with van der Waals surface area (Å²) in [4.78, 5) is 96.2. The predicted octanol–water partition coefficient (Wildman–Crippen LogP) is 3.25. The fourth-order valence-electron chi connectivity index (χ4n) is 6.86. The molecule has 2 aliphatic rings. The minimum atomic E-state index is -1.21. The van der Waals surface area contributed by atoms with Crippen molar-refractivity contribution in [3.8, 4) is 0 Å². The average Bonchev–Trinajstić information content (AvgIpc) is 3.46. The van der Waals surface area contributed by atoms with Crippen LogP contribution >= 0.6 is 0 Å². The Labute approximate surface area is 313 Å². The number of nitrogens with zero attached hydrogens (tertiary/aromatic N) is 2. The zero-order valence-corrected chi connectivity index (χ0v) is 32.7. The fraction of sp³-hybridized carbons (Fsp3) is 0.667. The van der Waals surface area contributed by atoms with Gasteiger partial charge in [-0.05, 0) is 55.4 Å². The molecule has 14 nitrogen and oxygen atoms in total. The molecule has 1 saturated heterocycles. The van der Waals surface area contributed by atoms with Crippen LogP contribution < -0.4 is 21.3 Å². The number of alkyl carbamates (subject to hydrolysis) is 1. The third-order valence-electron chi connectivity index (χ3n) is 10.2. The van der Waals surface area contributed by atoms with Crippen molar-refractivity contribution in [1.29, 1.82) is 0 Å². The van der Waals surface area contributed by atoms with E-state index in [1.165, 1.54) is 9.80 Å². The van der Waals surface area contributed by atoms with Crippen LogP contribution in [0, 0.1) is 17.3 Å². The molecule has 5 atom stereocenters. The molecular weight excluding hydrogens is 680 g/mol. The third-order valence-corrected chi connectivity index (χ3v) is 10.2. The molecule has 1 heterocycles. The quantitative estimate of drug-likeness (QED) is 0.186. The Morgan fingerprint density at radius 1 is 0.925 bits per heavy atom. The highest BCUT2D eigenvalue weighted by atomic mass is 16.6. The van der Waals surface area contributed by atoms with E-state index >= 15 is 0 Å². The molecule has 0 bridgehead atoms. The van der Waals surface area contributed by atoms with Crippen molar-refractivity contribution in [2.24, 2.45) is 17.3 Å². The number of nitrogens with one attached hydrogen (secondary N) is 4. The molecule has 1 saturated carbocycles. The van der Waals surface area contributed by atoms with Gasteiger partial charge < -0.3 is 35.8 Å². The van der Waals surface area contributed by atoms with Crippen LogP contribution in [-0.4, -0.2) is 103 Å². The normalized spacial score (nSPS) is 19.3. The summed E-state index contributed by atoms with van der Waals surface area (Å²) in [5.74, 6) is -4.04. The summed E-state index contributed by atoms with van der Waals surface area (Å²) in [6, 6.07) is 4.61. The lowest BCUT2D eigenvalue weighted by atomic mass is 9.83. The van der Waals surface area contributed by atoms with Crippen molar-refractivity contribution < 1.29 is 38.3 Å². The number of rotatable bonds is 16. The molecule has 3 rings (SSSR count). The van der Waals surface area contributed by atoms with Gasteiger partial charge in [0.25, 0.3) is 5.91 Å². The molecule has 0 spiro atoms. The topological polar surface area (TPSA) is 183 Å². The van der Waals surface area contributed by atoms with Gasteiger partial charge in [0.15, 0.2) is 0 Å². The molecule has 294 valence electrons. The Balaban J connectivity index is 1.72. The molecule has 0 aromatic heterocycles. The molecule has 2 unspecified atom stereocenters. The summed E-state index contributed by atoms with van der Waals surface area (Å²) in [6.07, 6.45) is 4.28. The number of hydrogen-bond acceptors (Lipinski definition) is 8. The minimum absolute atomic E-state index is 0.0841. The van der Waals surface area contributed by atoms with Gasteiger partial charge in [0.1, 0.15) is 24.2 Å². The number of likely N-dealkylation sites (tertiary alicyclic amines) is 1. The van der Waals surface area contributed by atoms with Crippen LogP contribution in [0.15, 0.2) is 30.3 Å². The molecule has 1 aromatic rings. The van der Waals surface area contributed by atoms with Crippen LogP contribution in [0.4, 0.5) is 4.79 Å². The fourth-order valence-corrected chi connectivity index (χ4v) is 6.86. The maximum absolute atomic E-state index is 14.3. The summed E-state index contributed by atoms with van der Waals surface area (Å²) in [7, 11) is 3.12. The van der Waals surface area contributed by atoms with E-state index < -0.39 is 65.7 Å². The zero-order valence-electron chi connectivity index (χ0n) is 32.7. The maximum atomic E-state index is 14.3. The Kier molecular flexibility index (Phi) is 15.8. The van der Waals surface area contributed by atoms with Crippen molar-refractivity contribution in [2.45, 2.75) is 123 Å². The van der Waals surface area contributed by atoms with Gasteiger partial charge in [-0.2, -0.15) is 0 Å². The lowest BCUT2D eigenvalue weighted by Gasteiger charge is -2.35. The van der Waals surface area contributed by atoms with E-state index in [0.29, 0.717) is 18.4 Å². The largest absolute Gasteiger partial charge is 0.446 e. The van der Waals surface area contributed by atoms with E-state index in [0.717, 1.165) is 32.1 Å². The Morgan fingerprint density at radius 3 is 2.15 bits per heavy atom. The summed E-state index contributed by atoms with van der Waals surface area (Å²) in [6.45, 7) is 11.1. The number of hydrogen-bond donors (Lipinski definition) is 4. The SMILES string of the molecule is CCCC(NC(=O)[C@@H]1CC(C)(C)CN1C(=O)[C@@H](NC(=O)O[C@H](C)C(C)C)C1CCCCC1)C(=O)C(=O)NCC(=O)NC(C(=O)N(C)C)c1ccccc1. The minimum Gasteiger partial charge on any atom is -0.446 e. The van der Waals surface area contributed by atoms with Crippen molar-refractivity contribution in [3.63, 3.8) is 0 Å². The number of carbonyl (C=O) groups excluding carboxylic acids is 7. The van der Waals surface area contributed by atoms with E-state index in [1.807, 2.05) is 27.7 Å². The van der Waals surface area contributed by atoms with Gasteiger partial charge in [-0.1, -0.05) is 90.6 Å². The van der Waals surface area contributed by atoms with Crippen LogP contribution in [0.1, 0.15) is 105 Å². The van der Waals surface area contributed by atoms with Gasteiger partial charge in [-0.25, -0.2) is 4.79 Å². The van der Waals surface area contributed by atoms with Gasteiger partial charge in [-0.15, -0.1) is 0 Å². The zero-order chi connectivity index (χ0) is 39.5. The van der Waals surface area contributed by atoms with E-state index in [4.69, 9.17) is 4.74 Å². The van der Waals surface area contributed by atoms with Gasteiger partial charge in [0.2, 0.25) is 29.4 Å². The van der Waals surface area contributed by atoms with E-state index in [9.17, 15) is 33.6 Å². The van der Waals surface area contributed by atoms with Crippen LogP contribution in [0.25, 0.3) is 0 Å². The number of ketones is 1. The predicted molar refractivity (Wildman–Crippen MR) is 199 cm³/mol. The lowest BCUT2D eigenvalue weighted by Crippen LogP contribution is -2.58. The summed E-state index contributed by atoms with van der Waals surface area (Å²) in [5, 5.41) is 10.5.